The van der Waals surface area contributed by atoms with Gasteiger partial charge in [-0.25, -0.2) is 4.79 Å². The number of piperidine rings is 1. The van der Waals surface area contributed by atoms with Crippen LogP contribution >= 0.6 is 0 Å². The summed E-state index contributed by atoms with van der Waals surface area (Å²) in [6, 6.07) is 10.3. The number of carbonyl (C=O) groups excluding carboxylic acids is 1. The average Bonchev–Trinajstić information content (AvgIpc) is 2.51. The lowest BCUT2D eigenvalue weighted by atomic mass is 9.98. The Hall–Kier alpha value is -2.06. The van der Waals surface area contributed by atoms with Gasteiger partial charge in [0.2, 0.25) is 0 Å². The van der Waals surface area contributed by atoms with Crippen LogP contribution in [0, 0.1) is 11.3 Å². The van der Waals surface area contributed by atoms with E-state index in [2.05, 4.69) is 18.3 Å². The molecule has 5 nitrogen and oxygen atoms in total. The molecule has 1 fully saturated rings. The van der Waals surface area contributed by atoms with Gasteiger partial charge in [0.1, 0.15) is 5.60 Å². The highest BCUT2D eigenvalue weighted by molar-refractivity contribution is 5.68. The van der Waals surface area contributed by atoms with Crippen molar-refractivity contribution < 1.29 is 9.53 Å². The minimum atomic E-state index is -0.461. The van der Waals surface area contributed by atoms with Crippen LogP contribution in [0.15, 0.2) is 24.3 Å². The van der Waals surface area contributed by atoms with E-state index < -0.39 is 5.60 Å². The van der Waals surface area contributed by atoms with E-state index in [0.717, 1.165) is 24.9 Å². The van der Waals surface area contributed by atoms with Crippen LogP contribution in [0.2, 0.25) is 0 Å². The fraction of sp³-hybridized carbons (Fsp3) is 0.579. The van der Waals surface area contributed by atoms with E-state index in [1.807, 2.05) is 49.9 Å². The molecule has 0 saturated carbocycles. The van der Waals surface area contributed by atoms with Crippen LogP contribution in [0.1, 0.15) is 51.7 Å². The minimum Gasteiger partial charge on any atom is -0.444 e. The Bertz CT molecular complexity index is 616. The van der Waals surface area contributed by atoms with Crippen molar-refractivity contribution in [1.82, 2.24) is 10.2 Å². The SMILES string of the molecule is CC1CC(NCc2cccc(C#N)c2)CCN1C(=O)OC(C)(C)C. The van der Waals surface area contributed by atoms with E-state index in [-0.39, 0.29) is 12.1 Å². The highest BCUT2D eigenvalue weighted by Gasteiger charge is 2.31. The number of nitrogens with zero attached hydrogens (tertiary/aromatic N) is 2. The van der Waals surface area contributed by atoms with Crippen molar-refractivity contribution in [3.63, 3.8) is 0 Å². The van der Waals surface area contributed by atoms with E-state index in [1.165, 1.54) is 0 Å². The van der Waals surface area contributed by atoms with Gasteiger partial charge in [-0.05, 0) is 58.2 Å². The first kappa shape index (κ1) is 18.3. The van der Waals surface area contributed by atoms with E-state index in [9.17, 15) is 4.79 Å². The molecule has 1 amide bonds. The largest absolute Gasteiger partial charge is 0.444 e. The van der Waals surface area contributed by atoms with E-state index in [0.29, 0.717) is 18.2 Å². The van der Waals surface area contributed by atoms with Crippen LogP contribution in [0.5, 0.6) is 0 Å². The summed E-state index contributed by atoms with van der Waals surface area (Å²) < 4.78 is 5.47. The summed E-state index contributed by atoms with van der Waals surface area (Å²) in [5.41, 5.74) is 1.33. The molecule has 1 aromatic carbocycles. The van der Waals surface area contributed by atoms with E-state index in [1.54, 1.807) is 0 Å². The minimum absolute atomic E-state index is 0.150. The summed E-state index contributed by atoms with van der Waals surface area (Å²) in [4.78, 5) is 14.1. The summed E-state index contributed by atoms with van der Waals surface area (Å²) in [6.07, 6.45) is 1.58. The van der Waals surface area contributed by atoms with Crippen molar-refractivity contribution in [1.29, 1.82) is 5.26 Å². The van der Waals surface area contributed by atoms with E-state index >= 15 is 0 Å². The smallest absolute Gasteiger partial charge is 0.410 e. The number of benzene rings is 1. The number of nitrogens with one attached hydrogen (secondary N) is 1. The third-order valence-electron chi connectivity index (χ3n) is 4.16. The number of hydrogen-bond acceptors (Lipinski definition) is 4. The van der Waals surface area contributed by atoms with Gasteiger partial charge in [0.05, 0.1) is 11.6 Å². The molecule has 1 heterocycles. The number of rotatable bonds is 3. The molecule has 1 aliphatic heterocycles. The van der Waals surface area contributed by atoms with Gasteiger partial charge in [-0.3, -0.25) is 0 Å². The predicted octanol–water partition coefficient (Wildman–Crippen LogP) is 3.44. The molecule has 24 heavy (non-hydrogen) atoms. The van der Waals surface area contributed by atoms with Crippen LogP contribution in [0.25, 0.3) is 0 Å². The van der Waals surface area contributed by atoms with Crippen LogP contribution in [0.4, 0.5) is 4.79 Å². The van der Waals surface area contributed by atoms with Crippen LogP contribution in [-0.4, -0.2) is 35.2 Å². The highest BCUT2D eigenvalue weighted by atomic mass is 16.6. The molecule has 1 N–H and O–H groups in total. The Kier molecular flexibility index (Phi) is 5.84. The van der Waals surface area contributed by atoms with Gasteiger partial charge in [-0.1, -0.05) is 12.1 Å². The number of nitriles is 1. The normalized spacial score (nSPS) is 21.2. The van der Waals surface area contributed by atoms with Gasteiger partial charge < -0.3 is 15.0 Å². The maximum Gasteiger partial charge on any atom is 0.410 e. The van der Waals surface area contributed by atoms with Gasteiger partial charge in [0.15, 0.2) is 0 Å². The van der Waals surface area contributed by atoms with Gasteiger partial charge in [-0.2, -0.15) is 5.26 Å². The molecule has 1 saturated heterocycles. The molecular weight excluding hydrogens is 302 g/mol. The number of amides is 1. The van der Waals surface area contributed by atoms with Gasteiger partial charge in [0, 0.05) is 25.2 Å². The highest BCUT2D eigenvalue weighted by Crippen LogP contribution is 2.21. The maximum absolute atomic E-state index is 12.2. The lowest BCUT2D eigenvalue weighted by Gasteiger charge is -2.38. The van der Waals surface area contributed by atoms with Crippen molar-refractivity contribution in [2.24, 2.45) is 0 Å². The number of hydrogen-bond donors (Lipinski definition) is 1. The summed E-state index contributed by atoms with van der Waals surface area (Å²) in [6.45, 7) is 9.16. The Balaban J connectivity index is 1.84. The molecule has 130 valence electrons. The molecule has 0 radical (unpaired) electrons. The second kappa shape index (κ2) is 7.67. The Morgan fingerprint density at radius 3 is 2.83 bits per heavy atom. The second-order valence-electron chi connectivity index (χ2n) is 7.44. The predicted molar refractivity (Wildman–Crippen MR) is 93.4 cm³/mol. The molecule has 2 unspecified atom stereocenters. The molecule has 0 aromatic heterocycles. The van der Waals surface area contributed by atoms with Crippen molar-refractivity contribution in [2.45, 2.75) is 64.8 Å². The van der Waals surface area contributed by atoms with Crippen molar-refractivity contribution >= 4 is 6.09 Å². The topological polar surface area (TPSA) is 65.4 Å². The maximum atomic E-state index is 12.2. The summed E-state index contributed by atoms with van der Waals surface area (Å²) in [5, 5.41) is 12.5. The zero-order valence-electron chi connectivity index (χ0n) is 15.0. The third-order valence-corrected chi connectivity index (χ3v) is 4.16. The quantitative estimate of drug-likeness (QED) is 0.922. The molecular formula is C19H27N3O2. The Morgan fingerprint density at radius 2 is 2.21 bits per heavy atom. The number of ether oxygens (including phenoxy) is 1. The first-order valence-corrected chi connectivity index (χ1v) is 8.50. The first-order chi connectivity index (χ1) is 11.3. The molecule has 0 bridgehead atoms. The van der Waals surface area contributed by atoms with Crippen molar-refractivity contribution in [3.05, 3.63) is 35.4 Å². The Morgan fingerprint density at radius 1 is 1.46 bits per heavy atom. The summed E-state index contributed by atoms with van der Waals surface area (Å²) in [5.74, 6) is 0. The zero-order valence-corrected chi connectivity index (χ0v) is 15.0. The summed E-state index contributed by atoms with van der Waals surface area (Å²) >= 11 is 0. The molecule has 5 heteroatoms. The fourth-order valence-electron chi connectivity index (χ4n) is 2.96. The fourth-order valence-corrected chi connectivity index (χ4v) is 2.96. The van der Waals surface area contributed by atoms with Crippen molar-refractivity contribution in [3.8, 4) is 6.07 Å². The first-order valence-electron chi connectivity index (χ1n) is 8.50. The third kappa shape index (κ3) is 5.24. The van der Waals surface area contributed by atoms with Gasteiger partial charge >= 0.3 is 6.09 Å². The molecule has 0 aliphatic carbocycles. The Labute approximate surface area is 144 Å². The molecule has 2 rings (SSSR count). The van der Waals surface area contributed by atoms with E-state index in [4.69, 9.17) is 10.00 Å². The van der Waals surface area contributed by atoms with Crippen LogP contribution in [0.3, 0.4) is 0 Å². The van der Waals surface area contributed by atoms with Gasteiger partial charge in [-0.15, -0.1) is 0 Å². The number of carbonyl (C=O) groups is 1. The lowest BCUT2D eigenvalue weighted by Crippen LogP contribution is -2.50. The van der Waals surface area contributed by atoms with Crippen LogP contribution in [-0.2, 0) is 11.3 Å². The molecule has 2 atom stereocenters. The van der Waals surface area contributed by atoms with Gasteiger partial charge in [0.25, 0.3) is 0 Å². The lowest BCUT2D eigenvalue weighted by molar-refractivity contribution is 0.00932. The molecule has 0 spiro atoms. The standard InChI is InChI=1S/C19H27N3O2/c1-14-10-17(8-9-22(14)18(23)24-19(2,3)4)21-13-16-7-5-6-15(11-16)12-20/h5-7,11,14,17,21H,8-10,13H2,1-4H3. The zero-order chi connectivity index (χ0) is 17.7. The molecule has 1 aromatic rings. The molecule has 1 aliphatic rings. The second-order valence-corrected chi connectivity index (χ2v) is 7.44. The average molecular weight is 329 g/mol. The van der Waals surface area contributed by atoms with Crippen LogP contribution < -0.4 is 5.32 Å². The monoisotopic (exact) mass is 329 g/mol. The summed E-state index contributed by atoms with van der Waals surface area (Å²) in [7, 11) is 0. The number of likely N-dealkylation sites (tertiary alicyclic amines) is 1. The van der Waals surface area contributed by atoms with Crippen molar-refractivity contribution in [2.75, 3.05) is 6.54 Å².